The molecule has 1 aromatic heterocycles. The second-order valence-electron chi connectivity index (χ2n) is 6.19. The maximum absolute atomic E-state index is 12.5. The molecule has 0 saturated heterocycles. The largest absolute Gasteiger partial charge is 0.465 e. The molecule has 0 N–H and O–H groups in total. The van der Waals surface area contributed by atoms with Crippen LogP contribution in [0.2, 0.25) is 0 Å². The van der Waals surface area contributed by atoms with E-state index in [1.807, 2.05) is 31.2 Å². The Bertz CT molecular complexity index is 806. The van der Waals surface area contributed by atoms with Gasteiger partial charge in [-0.05, 0) is 24.3 Å². The van der Waals surface area contributed by atoms with Crippen molar-refractivity contribution < 1.29 is 14.3 Å². The lowest BCUT2D eigenvalue weighted by molar-refractivity contribution is -0.121. The Hall–Kier alpha value is -2.89. The van der Waals surface area contributed by atoms with Crippen molar-refractivity contribution in [3.63, 3.8) is 0 Å². The van der Waals surface area contributed by atoms with Crippen LogP contribution in [0.1, 0.15) is 23.0 Å². The van der Waals surface area contributed by atoms with Crippen molar-refractivity contribution in [3.8, 4) is 0 Å². The minimum absolute atomic E-state index is 0.0891. The van der Waals surface area contributed by atoms with Gasteiger partial charge in [0.15, 0.2) is 0 Å². The van der Waals surface area contributed by atoms with Gasteiger partial charge in [-0.3, -0.25) is 9.78 Å². The summed E-state index contributed by atoms with van der Waals surface area (Å²) in [5, 5.41) is 0. The molecule has 1 unspecified atom stereocenters. The van der Waals surface area contributed by atoms with E-state index in [0.29, 0.717) is 18.7 Å². The highest BCUT2D eigenvalue weighted by Gasteiger charge is 2.29. The summed E-state index contributed by atoms with van der Waals surface area (Å²) < 4.78 is 4.77. The molecule has 0 fully saturated rings. The second kappa shape index (κ2) is 6.93. The molecule has 6 nitrogen and oxygen atoms in total. The number of anilines is 2. The highest BCUT2D eigenvalue weighted by molar-refractivity contribution is 5.99. The van der Waals surface area contributed by atoms with Gasteiger partial charge >= 0.3 is 5.97 Å². The molecule has 2 aromatic rings. The number of nitrogens with zero attached hydrogens (tertiary/aromatic N) is 3. The molecule has 1 aromatic carbocycles. The molecule has 25 heavy (non-hydrogen) atoms. The van der Waals surface area contributed by atoms with Gasteiger partial charge in [-0.25, -0.2) is 4.79 Å². The number of fused-ring (bicyclic) bond motifs is 1. The van der Waals surface area contributed by atoms with Crippen molar-refractivity contribution in [3.05, 3.63) is 53.9 Å². The lowest BCUT2D eigenvalue weighted by Crippen LogP contribution is -2.34. The first kappa shape index (κ1) is 17.0. The van der Waals surface area contributed by atoms with Crippen LogP contribution >= 0.6 is 0 Å². The average Bonchev–Trinajstić information content (AvgIpc) is 2.73. The standard InChI is InChI=1S/C19H21N3O3/c1-13-11-22(12-15-10-14(8-9-20-15)19(24)25-3)17-7-5-4-6-16(17)21(2)18(13)23/h4-10,13H,11-12H2,1-3H3. The van der Waals surface area contributed by atoms with E-state index in [1.54, 1.807) is 30.3 Å². The highest BCUT2D eigenvalue weighted by atomic mass is 16.5. The number of benzene rings is 1. The van der Waals surface area contributed by atoms with Crippen LogP contribution in [0.15, 0.2) is 42.6 Å². The zero-order chi connectivity index (χ0) is 18.0. The number of amides is 1. The number of pyridine rings is 1. The normalized spacial score (nSPS) is 17.1. The maximum atomic E-state index is 12.5. The van der Waals surface area contributed by atoms with Crippen LogP contribution in [0.4, 0.5) is 11.4 Å². The number of para-hydroxylation sites is 2. The minimum Gasteiger partial charge on any atom is -0.465 e. The molecule has 0 aliphatic carbocycles. The molecule has 0 radical (unpaired) electrons. The van der Waals surface area contributed by atoms with E-state index in [1.165, 1.54) is 7.11 Å². The van der Waals surface area contributed by atoms with Crippen molar-refractivity contribution in [2.45, 2.75) is 13.5 Å². The Balaban J connectivity index is 1.95. The molecular formula is C19H21N3O3. The molecule has 2 heterocycles. The summed E-state index contributed by atoms with van der Waals surface area (Å²) in [6.45, 7) is 3.02. The lowest BCUT2D eigenvalue weighted by Gasteiger charge is -2.25. The molecule has 3 rings (SSSR count). The molecule has 1 aliphatic rings. The minimum atomic E-state index is -0.386. The van der Waals surface area contributed by atoms with Gasteiger partial charge in [0.2, 0.25) is 5.91 Å². The smallest absolute Gasteiger partial charge is 0.337 e. The fourth-order valence-electron chi connectivity index (χ4n) is 3.13. The summed E-state index contributed by atoms with van der Waals surface area (Å²) in [4.78, 5) is 32.5. The van der Waals surface area contributed by atoms with Crippen molar-refractivity contribution in [1.82, 2.24) is 4.98 Å². The third kappa shape index (κ3) is 3.33. The van der Waals surface area contributed by atoms with Gasteiger partial charge in [-0.15, -0.1) is 0 Å². The fourth-order valence-corrected chi connectivity index (χ4v) is 3.13. The molecule has 0 spiro atoms. The number of rotatable bonds is 3. The fraction of sp³-hybridized carbons (Fsp3) is 0.316. The second-order valence-corrected chi connectivity index (χ2v) is 6.19. The summed E-state index contributed by atoms with van der Waals surface area (Å²) in [6.07, 6.45) is 1.60. The summed E-state index contributed by atoms with van der Waals surface area (Å²) in [5.41, 5.74) is 3.08. The van der Waals surface area contributed by atoms with Gasteiger partial charge in [0.1, 0.15) is 0 Å². The van der Waals surface area contributed by atoms with Gasteiger partial charge in [-0.1, -0.05) is 19.1 Å². The van der Waals surface area contributed by atoms with Gasteiger partial charge in [-0.2, -0.15) is 0 Å². The maximum Gasteiger partial charge on any atom is 0.337 e. The zero-order valence-corrected chi connectivity index (χ0v) is 14.6. The molecular weight excluding hydrogens is 318 g/mol. The van der Waals surface area contributed by atoms with Gasteiger partial charge < -0.3 is 14.5 Å². The van der Waals surface area contributed by atoms with E-state index in [-0.39, 0.29) is 17.8 Å². The SMILES string of the molecule is COC(=O)c1ccnc(CN2CC(C)C(=O)N(C)c3ccccc32)c1. The van der Waals surface area contributed by atoms with Crippen molar-refractivity contribution in [2.24, 2.45) is 5.92 Å². The summed E-state index contributed by atoms with van der Waals surface area (Å²) >= 11 is 0. The quantitative estimate of drug-likeness (QED) is 0.804. The molecule has 1 aliphatic heterocycles. The van der Waals surface area contributed by atoms with Crippen molar-refractivity contribution in [1.29, 1.82) is 0 Å². The predicted molar refractivity (Wildman–Crippen MR) is 95.6 cm³/mol. The van der Waals surface area contributed by atoms with Crippen LogP contribution in [0.3, 0.4) is 0 Å². The summed E-state index contributed by atoms with van der Waals surface area (Å²) in [7, 11) is 3.16. The number of esters is 1. The van der Waals surface area contributed by atoms with E-state index in [4.69, 9.17) is 4.74 Å². The molecule has 130 valence electrons. The van der Waals surface area contributed by atoms with E-state index < -0.39 is 0 Å². The monoisotopic (exact) mass is 339 g/mol. The summed E-state index contributed by atoms with van der Waals surface area (Å²) in [5.74, 6) is -0.435. The number of carbonyl (C=O) groups is 2. The van der Waals surface area contributed by atoms with Gasteiger partial charge in [0, 0.05) is 19.8 Å². The van der Waals surface area contributed by atoms with Crippen molar-refractivity contribution in [2.75, 3.05) is 30.5 Å². The van der Waals surface area contributed by atoms with Crippen LogP contribution in [-0.2, 0) is 16.1 Å². The Labute approximate surface area is 147 Å². The van der Waals surface area contributed by atoms with E-state index in [0.717, 1.165) is 17.1 Å². The zero-order valence-electron chi connectivity index (χ0n) is 14.6. The predicted octanol–water partition coefficient (Wildman–Crippen LogP) is 2.49. The Morgan fingerprint density at radius 1 is 1.28 bits per heavy atom. The highest BCUT2D eigenvalue weighted by Crippen LogP contribution is 2.33. The van der Waals surface area contributed by atoms with E-state index >= 15 is 0 Å². The molecule has 6 heteroatoms. The van der Waals surface area contributed by atoms with Crippen LogP contribution in [0.25, 0.3) is 0 Å². The first-order chi connectivity index (χ1) is 12.0. The van der Waals surface area contributed by atoms with Crippen molar-refractivity contribution >= 4 is 23.3 Å². The number of hydrogen-bond acceptors (Lipinski definition) is 5. The number of hydrogen-bond donors (Lipinski definition) is 0. The molecule has 0 saturated carbocycles. The Morgan fingerprint density at radius 3 is 2.72 bits per heavy atom. The number of ether oxygens (including phenoxy) is 1. The molecule has 0 bridgehead atoms. The molecule has 1 atom stereocenters. The van der Waals surface area contributed by atoms with Gasteiger partial charge in [0.05, 0.1) is 42.2 Å². The van der Waals surface area contributed by atoms with Crippen LogP contribution in [-0.4, -0.2) is 37.6 Å². The molecule has 1 amide bonds. The topological polar surface area (TPSA) is 62.7 Å². The first-order valence-electron chi connectivity index (χ1n) is 8.16. The van der Waals surface area contributed by atoms with E-state index in [2.05, 4.69) is 9.88 Å². The van der Waals surface area contributed by atoms with Crippen LogP contribution in [0, 0.1) is 5.92 Å². The Kier molecular flexibility index (Phi) is 4.70. The van der Waals surface area contributed by atoms with E-state index in [9.17, 15) is 9.59 Å². The van der Waals surface area contributed by atoms with Crippen LogP contribution in [0.5, 0.6) is 0 Å². The third-order valence-electron chi connectivity index (χ3n) is 4.42. The number of aromatic nitrogens is 1. The number of methoxy groups -OCH3 is 1. The summed E-state index contributed by atoms with van der Waals surface area (Å²) in [6, 6.07) is 11.2. The Morgan fingerprint density at radius 2 is 2.00 bits per heavy atom. The average molecular weight is 339 g/mol. The number of carbonyl (C=O) groups excluding carboxylic acids is 2. The van der Waals surface area contributed by atoms with Crippen LogP contribution < -0.4 is 9.80 Å². The third-order valence-corrected chi connectivity index (χ3v) is 4.42. The van der Waals surface area contributed by atoms with Gasteiger partial charge in [0.25, 0.3) is 0 Å². The first-order valence-corrected chi connectivity index (χ1v) is 8.16. The lowest BCUT2D eigenvalue weighted by atomic mass is 10.1.